The van der Waals surface area contributed by atoms with Gasteiger partial charge in [0.2, 0.25) is 0 Å². The Bertz CT molecular complexity index is 455. The van der Waals surface area contributed by atoms with Crippen LogP contribution in [0, 0.1) is 0 Å². The average molecular weight is 399 g/mol. The zero-order chi connectivity index (χ0) is 19.1. The summed E-state index contributed by atoms with van der Waals surface area (Å²) >= 11 is 0. The molecule has 1 saturated heterocycles. The molecule has 1 fully saturated rings. The van der Waals surface area contributed by atoms with Gasteiger partial charge in [0, 0.05) is 0 Å². The Balaban J connectivity index is 3.95. The van der Waals surface area contributed by atoms with Crippen LogP contribution in [0.15, 0.2) is 0 Å². The van der Waals surface area contributed by atoms with Gasteiger partial charge in [-0.2, -0.15) is 57.1 Å². The van der Waals surface area contributed by atoms with Crippen LogP contribution in [0.1, 0.15) is 0 Å². The summed E-state index contributed by atoms with van der Waals surface area (Å²) in [4.78, 5) is 8.23. The minimum absolute atomic E-state index is 5.99. The van der Waals surface area contributed by atoms with Gasteiger partial charge in [-0.05, 0) is 4.20 Å². The van der Waals surface area contributed by atoms with Gasteiger partial charge in [0.05, 0.1) is 0 Å². The van der Waals surface area contributed by atoms with Crippen molar-refractivity contribution < 1.29 is 66.2 Å². The van der Waals surface area contributed by atoms with E-state index in [1.807, 2.05) is 0 Å². The molecule has 1 aliphatic heterocycles. The summed E-state index contributed by atoms with van der Waals surface area (Å²) in [5, 5.41) is 0. The second-order valence-electron chi connectivity index (χ2n) is 4.40. The molecule has 0 amide bonds. The lowest BCUT2D eigenvalue weighted by Crippen LogP contribution is -2.74. The second kappa shape index (κ2) is 4.52. The summed E-state index contributed by atoms with van der Waals surface area (Å²) in [6.07, 6.45) is 0. The van der Waals surface area contributed by atoms with Crippen molar-refractivity contribution >= 4 is 7.80 Å². The maximum Gasteiger partial charge on any atom is 0.486 e. The summed E-state index contributed by atoms with van der Waals surface area (Å²) in [5.74, 6) is -44.8. The second-order valence-corrected chi connectivity index (χ2v) is 6.62. The first-order valence-corrected chi connectivity index (χ1v) is 6.58. The minimum atomic E-state index is -8.45. The summed E-state index contributed by atoms with van der Waals surface area (Å²) in [6.45, 7) is 0. The molecule has 1 aliphatic rings. The molecule has 0 aromatic heterocycles. The van der Waals surface area contributed by atoms with E-state index >= 15 is 0 Å². The molecule has 1 nitrogen and oxygen atoms in total. The Morgan fingerprint density at radius 2 is 0.913 bits per heavy atom. The number of rotatable bonds is 0. The van der Waals surface area contributed by atoms with Crippen molar-refractivity contribution in [1.82, 2.24) is 0 Å². The smallest absolute Gasteiger partial charge is 0.207 e. The lowest BCUT2D eigenvalue weighted by molar-refractivity contribution is -0.425. The molecular formula is C7H2F14OP+. The molecule has 23 heavy (non-hydrogen) atoms. The first kappa shape index (κ1) is 20.5. The molecule has 0 bridgehead atoms. The van der Waals surface area contributed by atoms with Gasteiger partial charge in [-0.3, -0.25) is 0 Å². The summed E-state index contributed by atoms with van der Waals surface area (Å²) in [6, 6.07) is 0. The zero-order valence-electron chi connectivity index (χ0n) is 9.76. The molecule has 0 spiro atoms. The van der Waals surface area contributed by atoms with Crippen molar-refractivity contribution in [2.75, 3.05) is 0 Å². The zero-order valence-corrected chi connectivity index (χ0v) is 10.7. The standard InChI is InChI=1S/C7H2F14OP/c8-1-2(9,10)3(11,12)4(13,14)5(15,16)6(17,18)7(19,20)23(1,21)22/h1,22H/q+1. The van der Waals surface area contributed by atoms with Crippen LogP contribution in [0.3, 0.4) is 0 Å². The van der Waals surface area contributed by atoms with Crippen molar-refractivity contribution in [2.24, 2.45) is 0 Å². The van der Waals surface area contributed by atoms with E-state index in [9.17, 15) is 61.3 Å². The summed E-state index contributed by atoms with van der Waals surface area (Å²) in [5.41, 5.74) is -7.52. The molecule has 0 saturated carbocycles. The van der Waals surface area contributed by atoms with Gasteiger partial charge < -0.3 is 0 Å². The summed E-state index contributed by atoms with van der Waals surface area (Å²) in [7, 11) is -8.45. The first-order valence-electron chi connectivity index (χ1n) is 4.88. The molecule has 2 atom stereocenters. The largest absolute Gasteiger partial charge is 0.486 e. The van der Waals surface area contributed by atoms with Gasteiger partial charge in [-0.25, -0.2) is 4.89 Å². The highest BCUT2D eigenvalue weighted by molar-refractivity contribution is 7.67. The average Bonchev–Trinajstić information content (AvgIpc) is 2.35. The molecule has 2 unspecified atom stereocenters. The van der Waals surface area contributed by atoms with E-state index < -0.39 is 49.0 Å². The highest BCUT2D eigenvalue weighted by atomic mass is 31.2. The maximum absolute atomic E-state index is 13.1. The Morgan fingerprint density at radius 3 is 1.26 bits per heavy atom. The molecule has 0 radical (unpaired) electrons. The van der Waals surface area contributed by atoms with E-state index in [0.717, 1.165) is 0 Å². The lowest BCUT2D eigenvalue weighted by Gasteiger charge is -2.44. The highest BCUT2D eigenvalue weighted by Crippen LogP contribution is 2.83. The maximum atomic E-state index is 13.1. The van der Waals surface area contributed by atoms with E-state index in [-0.39, 0.29) is 0 Å². The van der Waals surface area contributed by atoms with Crippen molar-refractivity contribution in [3.8, 4) is 0 Å². The molecule has 1 rings (SSSR count). The Morgan fingerprint density at radius 1 is 0.609 bits per heavy atom. The first-order chi connectivity index (χ1) is 9.65. The van der Waals surface area contributed by atoms with E-state index in [4.69, 9.17) is 4.89 Å². The Kier molecular flexibility index (Phi) is 4.02. The molecule has 0 aliphatic carbocycles. The quantitative estimate of drug-likeness (QED) is 0.455. The molecule has 138 valence electrons. The number of halogens is 14. The monoisotopic (exact) mass is 399 g/mol. The van der Waals surface area contributed by atoms with Crippen molar-refractivity contribution in [3.63, 3.8) is 0 Å². The van der Waals surface area contributed by atoms with Crippen LogP contribution in [-0.4, -0.2) is 46.1 Å². The molecule has 16 heteroatoms. The third-order valence-electron chi connectivity index (χ3n) is 2.97. The molecule has 0 aromatic rings. The molecular weight excluding hydrogens is 397 g/mol. The molecule has 0 aromatic carbocycles. The van der Waals surface area contributed by atoms with Gasteiger partial charge in [0.15, 0.2) is 0 Å². The van der Waals surface area contributed by atoms with Crippen molar-refractivity contribution in [3.05, 3.63) is 0 Å². The lowest BCUT2D eigenvalue weighted by atomic mass is 9.94. The van der Waals surface area contributed by atoms with Crippen LogP contribution < -0.4 is 0 Å². The van der Waals surface area contributed by atoms with E-state index in [1.165, 1.54) is 0 Å². The third kappa shape index (κ3) is 1.89. The van der Waals surface area contributed by atoms with Gasteiger partial charge in [-0.15, -0.1) is 0 Å². The molecule has 1 N–H and O–H groups in total. The van der Waals surface area contributed by atoms with Crippen molar-refractivity contribution in [2.45, 2.75) is 41.2 Å². The van der Waals surface area contributed by atoms with Crippen LogP contribution in [0.5, 0.6) is 0 Å². The van der Waals surface area contributed by atoms with Crippen LogP contribution >= 0.6 is 7.80 Å². The fourth-order valence-electron chi connectivity index (χ4n) is 1.50. The minimum Gasteiger partial charge on any atom is -0.207 e. The number of hydrogen-bond donors (Lipinski definition) is 1. The number of hydrogen-bond acceptors (Lipinski definition) is 1. The number of alkyl halides is 13. The van der Waals surface area contributed by atoms with Crippen LogP contribution in [0.25, 0.3) is 0 Å². The van der Waals surface area contributed by atoms with E-state index in [1.54, 1.807) is 0 Å². The van der Waals surface area contributed by atoms with Crippen molar-refractivity contribution in [1.29, 1.82) is 0 Å². The topological polar surface area (TPSA) is 20.2 Å². The Hall–Kier alpha value is -0.590. The van der Waals surface area contributed by atoms with Crippen LogP contribution in [0.4, 0.5) is 61.3 Å². The third-order valence-corrected chi connectivity index (χ3v) is 4.97. The molecule has 1 heterocycles. The van der Waals surface area contributed by atoms with Gasteiger partial charge in [-0.1, -0.05) is 0 Å². The van der Waals surface area contributed by atoms with E-state index in [2.05, 4.69) is 0 Å². The predicted molar refractivity (Wildman–Crippen MR) is 44.8 cm³/mol. The SMILES string of the molecule is O[P+]1(F)C(F)C(F)(F)C(F)(F)C(F)(F)C(F)(F)C(F)(F)C1(F)F. The summed E-state index contributed by atoms with van der Waals surface area (Å²) < 4.78 is 180. The van der Waals surface area contributed by atoms with Crippen LogP contribution in [0.2, 0.25) is 0 Å². The Labute approximate surface area is 116 Å². The van der Waals surface area contributed by atoms with E-state index in [0.29, 0.717) is 0 Å². The van der Waals surface area contributed by atoms with Gasteiger partial charge >= 0.3 is 49.0 Å². The van der Waals surface area contributed by atoms with Crippen LogP contribution in [-0.2, 0) is 0 Å². The highest BCUT2D eigenvalue weighted by Gasteiger charge is 3.02. The normalized spacial score (nSPS) is 40.0. The van der Waals surface area contributed by atoms with Gasteiger partial charge in [0.25, 0.3) is 0 Å². The fourth-order valence-corrected chi connectivity index (χ4v) is 2.91. The van der Waals surface area contributed by atoms with Gasteiger partial charge in [0.1, 0.15) is 0 Å². The fraction of sp³-hybridized carbons (Fsp3) is 1.00. The predicted octanol–water partition coefficient (Wildman–Crippen LogP) is 4.87.